The van der Waals surface area contributed by atoms with Crippen LogP contribution < -0.4 is 5.32 Å². The minimum absolute atomic E-state index is 0.0201. The molecular formula is C22H26N6O2. The van der Waals surface area contributed by atoms with Crippen molar-refractivity contribution < 1.29 is 9.21 Å². The number of nitrogens with zero attached hydrogens (tertiary/aromatic N) is 5. The van der Waals surface area contributed by atoms with Crippen molar-refractivity contribution in [1.82, 2.24) is 24.8 Å². The number of aromatic nitrogens is 4. The molecule has 30 heavy (non-hydrogen) atoms. The Hall–Kier alpha value is -3.03. The molecule has 1 amide bonds. The first-order chi connectivity index (χ1) is 14.4. The van der Waals surface area contributed by atoms with Crippen LogP contribution in [0.25, 0.3) is 11.1 Å². The topological polar surface area (TPSA) is 97.0 Å². The van der Waals surface area contributed by atoms with Gasteiger partial charge in [0.25, 0.3) is 5.91 Å². The molecule has 3 aromatic heterocycles. The van der Waals surface area contributed by atoms with Gasteiger partial charge in [0.05, 0.1) is 10.9 Å². The van der Waals surface area contributed by atoms with Gasteiger partial charge in [-0.25, -0.2) is 19.9 Å². The number of hydrogen-bond donors (Lipinski definition) is 1. The van der Waals surface area contributed by atoms with Crippen molar-refractivity contribution in [3.63, 3.8) is 0 Å². The molecular weight excluding hydrogens is 380 g/mol. The van der Waals surface area contributed by atoms with E-state index in [0.29, 0.717) is 41.3 Å². The molecule has 1 aliphatic heterocycles. The fraction of sp³-hybridized carbons (Fsp3) is 0.500. The number of nitrogens with one attached hydrogen (secondary N) is 1. The first-order valence-electron chi connectivity index (χ1n) is 10.5. The van der Waals surface area contributed by atoms with Crippen molar-refractivity contribution in [2.75, 3.05) is 18.4 Å². The molecule has 8 nitrogen and oxygen atoms in total. The molecule has 1 saturated carbocycles. The van der Waals surface area contributed by atoms with Gasteiger partial charge in [0, 0.05) is 36.9 Å². The summed E-state index contributed by atoms with van der Waals surface area (Å²) in [6.45, 7) is 7.30. The molecule has 3 aromatic rings. The van der Waals surface area contributed by atoms with E-state index in [1.807, 2.05) is 31.1 Å². The zero-order valence-electron chi connectivity index (χ0n) is 17.6. The molecule has 1 aliphatic carbocycles. The van der Waals surface area contributed by atoms with E-state index in [1.54, 1.807) is 0 Å². The molecule has 0 aromatic carbocycles. The van der Waals surface area contributed by atoms with E-state index in [0.717, 1.165) is 37.1 Å². The number of carbonyl (C=O) groups excluding carboxylic acids is 1. The number of anilines is 1. The van der Waals surface area contributed by atoms with Crippen LogP contribution in [-0.2, 0) is 0 Å². The van der Waals surface area contributed by atoms with Crippen LogP contribution in [0.5, 0.6) is 0 Å². The molecule has 5 rings (SSSR count). The molecule has 0 spiro atoms. The van der Waals surface area contributed by atoms with Crippen molar-refractivity contribution in [2.24, 2.45) is 0 Å². The van der Waals surface area contributed by atoms with Crippen LogP contribution >= 0.6 is 0 Å². The molecule has 2 fully saturated rings. The monoisotopic (exact) mass is 406 g/mol. The summed E-state index contributed by atoms with van der Waals surface area (Å²) < 4.78 is 5.83. The molecule has 0 bridgehead atoms. The zero-order valence-corrected chi connectivity index (χ0v) is 17.6. The Bertz CT molecular complexity index is 1090. The SMILES string of the molecule is Cc1cnc(C2CCN(C(=O)c3c(C)oc4ncnc(NC5(C)CC5)c34)CC2)nc1. The maximum absolute atomic E-state index is 13.5. The summed E-state index contributed by atoms with van der Waals surface area (Å²) in [6, 6.07) is 0. The van der Waals surface area contributed by atoms with Crippen LogP contribution in [0.4, 0.5) is 5.82 Å². The van der Waals surface area contributed by atoms with Crippen LogP contribution in [0.3, 0.4) is 0 Å². The molecule has 8 heteroatoms. The Morgan fingerprint density at radius 1 is 1.13 bits per heavy atom. The number of rotatable bonds is 4. The van der Waals surface area contributed by atoms with Gasteiger partial charge in [-0.2, -0.15) is 0 Å². The van der Waals surface area contributed by atoms with Crippen LogP contribution in [0.1, 0.15) is 66.0 Å². The maximum atomic E-state index is 13.5. The highest BCUT2D eigenvalue weighted by atomic mass is 16.3. The summed E-state index contributed by atoms with van der Waals surface area (Å²) in [5, 5.41) is 4.17. The average Bonchev–Trinajstić information content (AvgIpc) is 3.36. The number of piperidine rings is 1. The van der Waals surface area contributed by atoms with Gasteiger partial charge in [0.2, 0.25) is 5.71 Å². The van der Waals surface area contributed by atoms with E-state index in [-0.39, 0.29) is 17.4 Å². The minimum Gasteiger partial charge on any atom is -0.442 e. The second kappa shape index (κ2) is 7.04. The lowest BCUT2D eigenvalue weighted by Gasteiger charge is -2.31. The summed E-state index contributed by atoms with van der Waals surface area (Å²) in [7, 11) is 0. The number of aryl methyl sites for hydroxylation is 2. The summed E-state index contributed by atoms with van der Waals surface area (Å²) in [6.07, 6.45) is 9.08. The Morgan fingerprint density at radius 2 is 1.83 bits per heavy atom. The number of likely N-dealkylation sites (tertiary alicyclic amines) is 1. The fourth-order valence-electron chi connectivity index (χ4n) is 4.11. The van der Waals surface area contributed by atoms with Crippen molar-refractivity contribution in [1.29, 1.82) is 0 Å². The van der Waals surface area contributed by atoms with Crippen LogP contribution in [0, 0.1) is 13.8 Å². The number of hydrogen-bond acceptors (Lipinski definition) is 7. The maximum Gasteiger partial charge on any atom is 0.258 e. The van der Waals surface area contributed by atoms with Crippen molar-refractivity contribution in [3.8, 4) is 0 Å². The van der Waals surface area contributed by atoms with Gasteiger partial charge in [-0.3, -0.25) is 4.79 Å². The molecule has 4 heterocycles. The van der Waals surface area contributed by atoms with Gasteiger partial charge in [0.1, 0.15) is 23.7 Å². The predicted molar refractivity (Wildman–Crippen MR) is 112 cm³/mol. The van der Waals surface area contributed by atoms with Gasteiger partial charge in [-0.05, 0) is 52.0 Å². The summed E-state index contributed by atoms with van der Waals surface area (Å²) in [5.41, 5.74) is 2.13. The lowest BCUT2D eigenvalue weighted by atomic mass is 9.95. The van der Waals surface area contributed by atoms with Gasteiger partial charge >= 0.3 is 0 Å². The molecule has 156 valence electrons. The van der Waals surface area contributed by atoms with E-state index in [9.17, 15) is 4.79 Å². The second-order valence-electron chi connectivity index (χ2n) is 8.81. The highest BCUT2D eigenvalue weighted by molar-refractivity contribution is 6.10. The van der Waals surface area contributed by atoms with Crippen molar-refractivity contribution in [2.45, 2.75) is 57.9 Å². The van der Waals surface area contributed by atoms with E-state index < -0.39 is 0 Å². The summed E-state index contributed by atoms with van der Waals surface area (Å²) in [4.78, 5) is 33.0. The molecule has 1 N–H and O–H groups in total. The Labute approximate surface area is 175 Å². The predicted octanol–water partition coefficient (Wildman–Crippen LogP) is 3.61. The highest BCUT2D eigenvalue weighted by Gasteiger charge is 2.39. The Morgan fingerprint density at radius 3 is 2.50 bits per heavy atom. The summed E-state index contributed by atoms with van der Waals surface area (Å²) >= 11 is 0. The van der Waals surface area contributed by atoms with Gasteiger partial charge in [0.15, 0.2) is 0 Å². The number of fused-ring (bicyclic) bond motifs is 1. The third kappa shape index (κ3) is 3.40. The fourth-order valence-corrected chi connectivity index (χ4v) is 4.11. The molecule has 0 unspecified atom stereocenters. The van der Waals surface area contributed by atoms with Gasteiger partial charge in [-0.15, -0.1) is 0 Å². The molecule has 0 atom stereocenters. The van der Waals surface area contributed by atoms with Crippen molar-refractivity contribution >= 4 is 22.8 Å². The Kier molecular flexibility index (Phi) is 4.45. The molecule has 1 saturated heterocycles. The number of carbonyl (C=O) groups is 1. The van der Waals surface area contributed by atoms with Crippen LogP contribution in [-0.4, -0.2) is 49.4 Å². The lowest BCUT2D eigenvalue weighted by molar-refractivity contribution is 0.0711. The van der Waals surface area contributed by atoms with Crippen molar-refractivity contribution in [3.05, 3.63) is 41.4 Å². The second-order valence-corrected chi connectivity index (χ2v) is 8.81. The smallest absolute Gasteiger partial charge is 0.258 e. The number of amides is 1. The first kappa shape index (κ1) is 19.0. The third-order valence-corrected chi connectivity index (χ3v) is 6.25. The van der Waals surface area contributed by atoms with Gasteiger partial charge < -0.3 is 14.6 Å². The van der Waals surface area contributed by atoms with E-state index in [2.05, 4.69) is 32.2 Å². The average molecular weight is 406 g/mol. The molecule has 2 aliphatic rings. The third-order valence-electron chi connectivity index (χ3n) is 6.25. The number of furan rings is 1. The van der Waals surface area contributed by atoms with E-state index in [1.165, 1.54) is 6.33 Å². The largest absolute Gasteiger partial charge is 0.442 e. The standard InChI is InChI=1S/C22H26N6O2/c1-13-10-23-18(24-11-13)15-4-8-28(9-5-15)21(29)16-14(2)30-20-17(16)19(25-12-26-20)27-22(3)6-7-22/h10-12,15H,4-9H2,1-3H3,(H,25,26,27). The Balaban J connectivity index is 1.39. The lowest BCUT2D eigenvalue weighted by Crippen LogP contribution is -2.38. The quantitative estimate of drug-likeness (QED) is 0.707. The highest BCUT2D eigenvalue weighted by Crippen LogP contribution is 2.40. The first-order valence-corrected chi connectivity index (χ1v) is 10.5. The van der Waals surface area contributed by atoms with Crippen LogP contribution in [0.2, 0.25) is 0 Å². The van der Waals surface area contributed by atoms with E-state index in [4.69, 9.17) is 4.42 Å². The normalized spacial score (nSPS) is 18.6. The molecule has 0 radical (unpaired) electrons. The zero-order chi connectivity index (χ0) is 20.9. The van der Waals surface area contributed by atoms with Crippen LogP contribution in [0.15, 0.2) is 23.1 Å². The van der Waals surface area contributed by atoms with E-state index >= 15 is 0 Å². The minimum atomic E-state index is -0.0201. The van der Waals surface area contributed by atoms with Gasteiger partial charge in [-0.1, -0.05) is 0 Å². The summed E-state index contributed by atoms with van der Waals surface area (Å²) in [5.74, 6) is 2.40.